The number of benzene rings is 3. The number of hydrogen-bond acceptors (Lipinski definition) is 4. The van der Waals surface area contributed by atoms with E-state index in [0.29, 0.717) is 0 Å². The van der Waals surface area contributed by atoms with E-state index in [0.717, 1.165) is 33.7 Å². The SMILES string of the molecule is COc1ccc(-c2nnc(SCc3cc(C)ccc3C)n2-c2cccc(C)c2)cc1. The van der Waals surface area contributed by atoms with Gasteiger partial charge in [0.2, 0.25) is 0 Å². The fraction of sp³-hybridized carbons (Fsp3) is 0.200. The Kier molecular flexibility index (Phi) is 5.91. The number of hydrogen-bond donors (Lipinski definition) is 0. The fourth-order valence-corrected chi connectivity index (χ4v) is 4.40. The van der Waals surface area contributed by atoms with Gasteiger partial charge in [0.05, 0.1) is 7.11 Å². The molecule has 0 aliphatic carbocycles. The van der Waals surface area contributed by atoms with Crippen LogP contribution in [0.5, 0.6) is 5.75 Å². The zero-order valence-electron chi connectivity index (χ0n) is 17.7. The summed E-state index contributed by atoms with van der Waals surface area (Å²) in [6, 6.07) is 23.0. The topological polar surface area (TPSA) is 39.9 Å². The van der Waals surface area contributed by atoms with Gasteiger partial charge in [-0.3, -0.25) is 4.57 Å². The molecule has 0 radical (unpaired) electrons. The van der Waals surface area contributed by atoms with Crippen LogP contribution in [0.2, 0.25) is 0 Å². The molecule has 0 fully saturated rings. The van der Waals surface area contributed by atoms with Gasteiger partial charge in [-0.05, 0) is 73.9 Å². The van der Waals surface area contributed by atoms with Crippen LogP contribution in [-0.4, -0.2) is 21.9 Å². The van der Waals surface area contributed by atoms with E-state index in [4.69, 9.17) is 4.74 Å². The van der Waals surface area contributed by atoms with Gasteiger partial charge in [0, 0.05) is 17.0 Å². The van der Waals surface area contributed by atoms with Crippen molar-refractivity contribution in [2.75, 3.05) is 7.11 Å². The molecule has 4 rings (SSSR count). The molecule has 0 atom stereocenters. The molecular weight excluding hydrogens is 390 g/mol. The van der Waals surface area contributed by atoms with Crippen LogP contribution >= 0.6 is 11.8 Å². The summed E-state index contributed by atoms with van der Waals surface area (Å²) >= 11 is 1.71. The second-order valence-corrected chi connectivity index (χ2v) is 8.37. The molecule has 0 spiro atoms. The van der Waals surface area contributed by atoms with E-state index in [1.54, 1.807) is 18.9 Å². The highest BCUT2D eigenvalue weighted by Gasteiger charge is 2.17. The monoisotopic (exact) mass is 415 g/mol. The van der Waals surface area contributed by atoms with Gasteiger partial charge in [0.25, 0.3) is 0 Å². The predicted molar refractivity (Wildman–Crippen MR) is 124 cm³/mol. The number of aromatic nitrogens is 3. The second kappa shape index (κ2) is 8.76. The van der Waals surface area contributed by atoms with Gasteiger partial charge in [0.1, 0.15) is 5.75 Å². The van der Waals surface area contributed by atoms with Crippen LogP contribution in [0, 0.1) is 20.8 Å². The van der Waals surface area contributed by atoms with Crippen LogP contribution in [0.1, 0.15) is 22.3 Å². The van der Waals surface area contributed by atoms with Crippen molar-refractivity contribution in [2.24, 2.45) is 0 Å². The van der Waals surface area contributed by atoms with Gasteiger partial charge in [-0.15, -0.1) is 10.2 Å². The summed E-state index contributed by atoms with van der Waals surface area (Å²) in [6.45, 7) is 6.39. The van der Waals surface area contributed by atoms with E-state index in [9.17, 15) is 0 Å². The molecule has 0 saturated carbocycles. The van der Waals surface area contributed by atoms with Gasteiger partial charge >= 0.3 is 0 Å². The van der Waals surface area contributed by atoms with Crippen LogP contribution in [0.3, 0.4) is 0 Å². The van der Waals surface area contributed by atoms with Crippen LogP contribution in [-0.2, 0) is 5.75 Å². The summed E-state index contributed by atoms with van der Waals surface area (Å²) < 4.78 is 7.45. The highest BCUT2D eigenvalue weighted by molar-refractivity contribution is 7.98. The molecule has 0 aliphatic rings. The Balaban J connectivity index is 1.74. The first-order valence-electron chi connectivity index (χ1n) is 9.91. The molecular formula is C25H25N3OS. The summed E-state index contributed by atoms with van der Waals surface area (Å²) in [6.07, 6.45) is 0. The van der Waals surface area contributed by atoms with Gasteiger partial charge in [-0.2, -0.15) is 0 Å². The Hall–Kier alpha value is -3.05. The average molecular weight is 416 g/mol. The maximum Gasteiger partial charge on any atom is 0.196 e. The smallest absolute Gasteiger partial charge is 0.196 e. The molecule has 1 aromatic heterocycles. The maximum atomic E-state index is 5.30. The van der Waals surface area contributed by atoms with Crippen molar-refractivity contribution in [1.29, 1.82) is 0 Å². The number of ether oxygens (including phenoxy) is 1. The fourth-order valence-electron chi connectivity index (χ4n) is 3.39. The molecule has 0 aliphatic heterocycles. The third-order valence-electron chi connectivity index (χ3n) is 5.10. The summed E-state index contributed by atoms with van der Waals surface area (Å²) in [4.78, 5) is 0. The number of rotatable bonds is 6. The van der Waals surface area contributed by atoms with Crippen molar-refractivity contribution in [3.05, 3.63) is 89.0 Å². The molecule has 4 nitrogen and oxygen atoms in total. The minimum atomic E-state index is 0.824. The van der Waals surface area contributed by atoms with E-state index in [1.807, 2.05) is 24.3 Å². The zero-order chi connectivity index (χ0) is 21.1. The lowest BCUT2D eigenvalue weighted by atomic mass is 10.1. The molecule has 0 bridgehead atoms. The Morgan fingerprint density at radius 1 is 0.867 bits per heavy atom. The van der Waals surface area contributed by atoms with Crippen LogP contribution in [0.25, 0.3) is 17.1 Å². The lowest BCUT2D eigenvalue weighted by molar-refractivity contribution is 0.415. The van der Waals surface area contributed by atoms with Crippen molar-refractivity contribution in [3.63, 3.8) is 0 Å². The van der Waals surface area contributed by atoms with Crippen molar-refractivity contribution in [2.45, 2.75) is 31.7 Å². The first-order valence-corrected chi connectivity index (χ1v) is 10.9. The minimum absolute atomic E-state index is 0.824. The first-order chi connectivity index (χ1) is 14.5. The molecule has 152 valence electrons. The quantitative estimate of drug-likeness (QED) is 0.354. The van der Waals surface area contributed by atoms with E-state index in [-0.39, 0.29) is 0 Å². The Labute approximate surface area is 181 Å². The number of aryl methyl sites for hydroxylation is 3. The lowest BCUT2D eigenvalue weighted by Gasteiger charge is -2.12. The normalized spacial score (nSPS) is 10.9. The van der Waals surface area contributed by atoms with Crippen LogP contribution in [0.4, 0.5) is 0 Å². The molecule has 5 heteroatoms. The zero-order valence-corrected chi connectivity index (χ0v) is 18.5. The Bertz CT molecular complexity index is 1170. The Morgan fingerprint density at radius 2 is 1.63 bits per heavy atom. The predicted octanol–water partition coefficient (Wildman–Crippen LogP) is 6.16. The number of thioether (sulfide) groups is 1. The molecule has 3 aromatic carbocycles. The lowest BCUT2D eigenvalue weighted by Crippen LogP contribution is -2.00. The molecule has 1 heterocycles. The standard InChI is InChI=1S/C25H25N3OS/c1-17-6-5-7-22(15-17)28-24(20-10-12-23(29-4)13-11-20)26-27-25(28)30-16-21-14-18(2)8-9-19(21)3/h5-15H,16H2,1-4H3. The number of nitrogens with zero attached hydrogens (tertiary/aromatic N) is 3. The van der Waals surface area contributed by atoms with Crippen molar-refractivity contribution in [1.82, 2.24) is 14.8 Å². The van der Waals surface area contributed by atoms with Gasteiger partial charge in [-0.1, -0.05) is 47.7 Å². The molecule has 0 unspecified atom stereocenters. The largest absolute Gasteiger partial charge is 0.497 e. The summed E-state index contributed by atoms with van der Waals surface area (Å²) in [5.41, 5.74) is 7.16. The van der Waals surface area contributed by atoms with E-state index < -0.39 is 0 Å². The Morgan fingerprint density at radius 3 is 2.37 bits per heavy atom. The third kappa shape index (κ3) is 4.26. The van der Waals surface area contributed by atoms with Crippen LogP contribution in [0.15, 0.2) is 71.9 Å². The van der Waals surface area contributed by atoms with Gasteiger partial charge in [-0.25, -0.2) is 0 Å². The van der Waals surface area contributed by atoms with Crippen molar-refractivity contribution >= 4 is 11.8 Å². The highest BCUT2D eigenvalue weighted by atomic mass is 32.2. The molecule has 0 N–H and O–H groups in total. The van der Waals surface area contributed by atoms with Gasteiger partial charge < -0.3 is 4.74 Å². The summed E-state index contributed by atoms with van der Waals surface area (Å²) in [5.74, 6) is 2.50. The van der Waals surface area contributed by atoms with Crippen LogP contribution < -0.4 is 4.74 Å². The molecule has 4 aromatic rings. The third-order valence-corrected chi connectivity index (χ3v) is 6.08. The summed E-state index contributed by atoms with van der Waals surface area (Å²) in [5, 5.41) is 9.99. The maximum absolute atomic E-state index is 5.30. The van der Waals surface area contributed by atoms with Crippen molar-refractivity contribution < 1.29 is 4.74 Å². The highest BCUT2D eigenvalue weighted by Crippen LogP contribution is 2.31. The summed E-state index contributed by atoms with van der Waals surface area (Å²) in [7, 11) is 1.67. The second-order valence-electron chi connectivity index (χ2n) is 7.43. The molecule has 0 saturated heterocycles. The number of methoxy groups -OCH3 is 1. The molecule has 0 amide bonds. The first kappa shape index (κ1) is 20.2. The van der Waals surface area contributed by atoms with E-state index in [1.165, 1.54) is 22.3 Å². The van der Waals surface area contributed by atoms with Crippen molar-refractivity contribution in [3.8, 4) is 22.8 Å². The van der Waals surface area contributed by atoms with Gasteiger partial charge in [0.15, 0.2) is 11.0 Å². The van der Waals surface area contributed by atoms with E-state index in [2.05, 4.69) is 78.0 Å². The average Bonchev–Trinajstić information content (AvgIpc) is 3.18. The molecule has 30 heavy (non-hydrogen) atoms. The van der Waals surface area contributed by atoms with E-state index >= 15 is 0 Å². The minimum Gasteiger partial charge on any atom is -0.497 e.